The Bertz CT molecular complexity index is 1530. The number of amidine groups is 1. The Balaban J connectivity index is 1.54. The third kappa shape index (κ3) is 4.70. The molecule has 37 heavy (non-hydrogen) atoms. The van der Waals surface area contributed by atoms with Crippen LogP contribution in [0.25, 0.3) is 11.0 Å². The highest BCUT2D eigenvalue weighted by molar-refractivity contribution is 7.04. The van der Waals surface area contributed by atoms with Gasteiger partial charge < -0.3 is 23.8 Å². The van der Waals surface area contributed by atoms with Gasteiger partial charge in [-0.2, -0.15) is 13.8 Å². The molecule has 9 nitrogen and oxygen atoms in total. The van der Waals surface area contributed by atoms with Crippen LogP contribution < -0.4 is 14.4 Å². The number of benzene rings is 2. The normalized spacial score (nSPS) is 13.1. The maximum Gasteiger partial charge on any atom is 0.261 e. The van der Waals surface area contributed by atoms with Crippen LogP contribution >= 0.6 is 9.03 Å². The third-order valence-electron chi connectivity index (χ3n) is 5.96. The fraction of sp³-hybridized carbons (Fsp3) is 0.240. The minimum Gasteiger partial charge on any atom is -0.436 e. The highest BCUT2D eigenvalue weighted by atomic mass is 31.0. The number of hydrogen-bond donors (Lipinski definition) is 0. The largest absolute Gasteiger partial charge is 0.436 e. The van der Waals surface area contributed by atoms with Gasteiger partial charge in [0.05, 0.1) is 11.9 Å². The van der Waals surface area contributed by atoms with Crippen molar-refractivity contribution in [1.82, 2.24) is 15.0 Å². The molecule has 2 aromatic heterocycles. The first-order valence-electron chi connectivity index (χ1n) is 11.5. The molecule has 0 spiro atoms. The van der Waals surface area contributed by atoms with E-state index in [-0.39, 0.29) is 17.3 Å². The number of fused-ring (bicyclic) bond motifs is 1. The predicted octanol–water partition coefficient (Wildman–Crippen LogP) is 6.19. The minimum absolute atomic E-state index is 0.227. The van der Waals surface area contributed by atoms with Crippen molar-refractivity contribution in [2.45, 2.75) is 6.92 Å². The summed E-state index contributed by atoms with van der Waals surface area (Å²) in [6.07, 6.45) is 0. The van der Waals surface area contributed by atoms with Crippen LogP contribution in [0, 0.1) is 11.6 Å². The van der Waals surface area contributed by atoms with Gasteiger partial charge in [-0.05, 0) is 46.3 Å². The lowest BCUT2D eigenvalue weighted by Crippen LogP contribution is -2.23. The number of nitrogens with zero attached hydrogens (tertiary/aromatic N) is 6. The fourth-order valence-corrected chi connectivity index (χ4v) is 4.09. The molecular formula is C25H23F2N6O3P. The number of pyridine rings is 1. The summed E-state index contributed by atoms with van der Waals surface area (Å²) < 4.78 is 51.6. The number of anilines is 1. The first-order chi connectivity index (χ1) is 17.9. The zero-order chi connectivity index (χ0) is 26.1. The van der Waals surface area contributed by atoms with E-state index in [1.165, 1.54) is 4.90 Å². The Hall–Kier alpha value is -4.11. The van der Waals surface area contributed by atoms with Crippen molar-refractivity contribution in [1.29, 1.82) is 0 Å². The number of hydrogen-bond acceptors (Lipinski definition) is 9. The summed E-state index contributed by atoms with van der Waals surface area (Å²) >= 11 is 0. The molecule has 190 valence electrons. The van der Waals surface area contributed by atoms with E-state index in [0.717, 1.165) is 17.9 Å². The minimum atomic E-state index is -0.958. The van der Waals surface area contributed by atoms with Crippen molar-refractivity contribution in [3.63, 3.8) is 0 Å². The van der Waals surface area contributed by atoms with Crippen molar-refractivity contribution in [3.8, 4) is 23.3 Å². The Morgan fingerprint density at radius 3 is 2.49 bits per heavy atom. The van der Waals surface area contributed by atoms with Crippen LogP contribution in [0.5, 0.6) is 23.3 Å². The van der Waals surface area contributed by atoms with Crippen LogP contribution in [0.2, 0.25) is 0 Å². The molecular weight excluding hydrogens is 501 g/mol. The summed E-state index contributed by atoms with van der Waals surface area (Å²) in [4.78, 5) is 12.0. The van der Waals surface area contributed by atoms with E-state index >= 15 is 8.78 Å². The summed E-state index contributed by atoms with van der Waals surface area (Å²) in [5.74, 6) is -1.12. The quantitative estimate of drug-likeness (QED) is 0.254. The summed E-state index contributed by atoms with van der Waals surface area (Å²) in [7, 11) is 6.55. The second kappa shape index (κ2) is 10.1. The van der Waals surface area contributed by atoms with E-state index in [1.807, 2.05) is 18.0 Å². The molecule has 0 radical (unpaired) electrons. The molecule has 0 fully saturated rings. The van der Waals surface area contributed by atoms with Crippen molar-refractivity contribution >= 4 is 37.3 Å². The Kier molecular flexibility index (Phi) is 6.71. The molecule has 0 N–H and O–H groups in total. The maximum absolute atomic E-state index is 15.5. The van der Waals surface area contributed by atoms with Gasteiger partial charge in [0.2, 0.25) is 17.5 Å². The van der Waals surface area contributed by atoms with Gasteiger partial charge in [0.25, 0.3) is 11.8 Å². The summed E-state index contributed by atoms with van der Waals surface area (Å²) in [5.41, 5.74) is 0.961. The van der Waals surface area contributed by atoms with E-state index < -0.39 is 23.4 Å². The molecule has 0 amide bonds. The first-order valence-corrected chi connectivity index (χ1v) is 11.9. The number of aliphatic imine (C=N–C) groups is 1. The Labute approximate surface area is 213 Å². The first kappa shape index (κ1) is 24.6. The summed E-state index contributed by atoms with van der Waals surface area (Å²) in [6, 6.07) is 11.8. The number of rotatable bonds is 8. The third-order valence-corrected chi connectivity index (χ3v) is 6.17. The van der Waals surface area contributed by atoms with Gasteiger partial charge in [0, 0.05) is 32.7 Å². The molecule has 1 aliphatic heterocycles. The molecule has 0 saturated heterocycles. The van der Waals surface area contributed by atoms with Crippen LogP contribution in [0.4, 0.5) is 20.3 Å². The molecule has 0 unspecified atom stereocenters. The van der Waals surface area contributed by atoms with E-state index in [0.29, 0.717) is 29.8 Å². The monoisotopic (exact) mass is 524 g/mol. The number of likely N-dealkylation sites (N-methyl/N-ethyl adjacent to an activating group) is 1. The average Bonchev–Trinajstić information content (AvgIpc) is 3.52. The van der Waals surface area contributed by atoms with E-state index in [2.05, 4.69) is 28.9 Å². The lowest BCUT2D eigenvalue weighted by atomic mass is 10.2. The van der Waals surface area contributed by atoms with E-state index in [1.54, 1.807) is 50.4 Å². The molecule has 3 heterocycles. The molecule has 4 aromatic rings. The second-order valence-electron chi connectivity index (χ2n) is 8.35. The zero-order valence-electron chi connectivity index (χ0n) is 20.3. The SMILES string of the molecule is CCN(C)c1c(F)c(Oc2cccc(C3=NCCN3C)c2)nc(Oc2ccc3onc(N=P)c3c2)c1F. The van der Waals surface area contributed by atoms with Gasteiger partial charge in [-0.3, -0.25) is 4.99 Å². The number of aromatic nitrogens is 2. The molecule has 12 heteroatoms. The molecule has 0 aliphatic carbocycles. The topological polar surface area (TPSA) is 88.6 Å². The molecule has 2 aromatic carbocycles. The maximum atomic E-state index is 15.5. The smallest absolute Gasteiger partial charge is 0.261 e. The lowest BCUT2D eigenvalue weighted by molar-refractivity contribution is 0.377. The van der Waals surface area contributed by atoms with Crippen molar-refractivity contribution in [2.75, 3.05) is 38.6 Å². The Morgan fingerprint density at radius 2 is 1.84 bits per heavy atom. The van der Waals surface area contributed by atoms with Crippen LogP contribution in [-0.2, 0) is 0 Å². The second-order valence-corrected chi connectivity index (χ2v) is 8.57. The standard InChI is InChI=1S/C25H23F2N6O3P/c1-4-32(2)21-19(26)24(34-15-7-5-6-14(12-15)23-28-10-11-33(23)3)29-25(20(21)27)35-16-8-9-18-17(13-16)22(31-37)30-36-18/h5-9,12-13,37H,4,10-11H2,1-3H3. The van der Waals surface area contributed by atoms with Crippen LogP contribution in [-0.4, -0.2) is 54.6 Å². The molecule has 0 atom stereocenters. The Morgan fingerprint density at radius 1 is 1.11 bits per heavy atom. The average molecular weight is 524 g/mol. The lowest BCUT2D eigenvalue weighted by Gasteiger charge is -2.21. The van der Waals surface area contributed by atoms with E-state index in [9.17, 15) is 0 Å². The molecule has 0 bridgehead atoms. The van der Waals surface area contributed by atoms with Gasteiger partial charge in [0.1, 0.15) is 23.0 Å². The molecule has 0 saturated carbocycles. The zero-order valence-corrected chi connectivity index (χ0v) is 21.3. The van der Waals surface area contributed by atoms with Gasteiger partial charge in [-0.1, -0.05) is 17.3 Å². The van der Waals surface area contributed by atoms with Gasteiger partial charge in [0.15, 0.2) is 5.58 Å². The number of ether oxygens (including phenoxy) is 2. The highest BCUT2D eigenvalue weighted by Gasteiger charge is 2.26. The van der Waals surface area contributed by atoms with Crippen molar-refractivity contribution in [3.05, 3.63) is 59.7 Å². The van der Waals surface area contributed by atoms with Crippen LogP contribution in [0.3, 0.4) is 0 Å². The summed E-state index contributed by atoms with van der Waals surface area (Å²) in [6.45, 7) is 3.62. The van der Waals surface area contributed by atoms with Crippen molar-refractivity contribution in [2.24, 2.45) is 9.74 Å². The number of halogens is 2. The van der Waals surface area contributed by atoms with Gasteiger partial charge in [-0.25, -0.2) is 4.74 Å². The molecule has 5 rings (SSSR count). The van der Waals surface area contributed by atoms with E-state index in [4.69, 9.17) is 14.0 Å². The van der Waals surface area contributed by atoms with Gasteiger partial charge >= 0.3 is 0 Å². The highest BCUT2D eigenvalue weighted by Crippen LogP contribution is 2.39. The van der Waals surface area contributed by atoms with Gasteiger partial charge in [-0.15, -0.1) is 0 Å². The predicted molar refractivity (Wildman–Crippen MR) is 138 cm³/mol. The summed E-state index contributed by atoms with van der Waals surface area (Å²) in [5, 5.41) is 4.35. The van der Waals surface area contributed by atoms with Crippen LogP contribution in [0.15, 0.2) is 56.7 Å². The van der Waals surface area contributed by atoms with Crippen LogP contribution in [0.1, 0.15) is 12.5 Å². The van der Waals surface area contributed by atoms with Crippen molar-refractivity contribution < 1.29 is 22.8 Å². The molecule has 1 aliphatic rings. The fourth-order valence-electron chi connectivity index (χ4n) is 3.93.